The lowest BCUT2D eigenvalue weighted by atomic mass is 10.0. The van der Waals surface area contributed by atoms with Gasteiger partial charge in [-0.3, -0.25) is 9.59 Å². The highest BCUT2D eigenvalue weighted by Crippen LogP contribution is 2.16. The summed E-state index contributed by atoms with van der Waals surface area (Å²) in [6.07, 6.45) is 6.41. The summed E-state index contributed by atoms with van der Waals surface area (Å²) in [6.45, 7) is 13.7. The Morgan fingerprint density at radius 1 is 1.19 bits per heavy atom. The largest absolute Gasteiger partial charge is 0.354 e. The number of hydrogen-bond donors (Lipinski definition) is 2. The maximum Gasteiger partial charge on any atom is 0.252 e. The summed E-state index contributed by atoms with van der Waals surface area (Å²) in [5, 5.41) is 5.70. The molecule has 27 heavy (non-hydrogen) atoms. The van der Waals surface area contributed by atoms with Gasteiger partial charge in [0.05, 0.1) is 0 Å². The van der Waals surface area contributed by atoms with Crippen LogP contribution in [-0.2, 0) is 16.0 Å². The third-order valence-electron chi connectivity index (χ3n) is 4.12. The van der Waals surface area contributed by atoms with E-state index in [9.17, 15) is 9.59 Å². The Kier molecular flexibility index (Phi) is 9.59. The average molecular weight is 367 g/mol. The maximum absolute atomic E-state index is 12.7. The standard InChI is InChI=1S/C23H30N2O2/c1-6-12-20(17(4)5)19(7-2)22(26)25-21(8-3)23(27)24-16-15-18-13-10-9-11-14-18/h6-7,9-14,21H,2,4,8,15-16H2,1,3,5H3,(H,24,27)(H,25,26)/b12-6-,20-19-/t21-/m0/s1. The summed E-state index contributed by atoms with van der Waals surface area (Å²) in [7, 11) is 0. The van der Waals surface area contributed by atoms with E-state index in [1.54, 1.807) is 0 Å². The van der Waals surface area contributed by atoms with Crippen LogP contribution in [-0.4, -0.2) is 24.4 Å². The molecule has 0 aliphatic carbocycles. The van der Waals surface area contributed by atoms with Crippen molar-refractivity contribution in [2.45, 2.75) is 39.7 Å². The van der Waals surface area contributed by atoms with Crippen LogP contribution in [0.25, 0.3) is 0 Å². The van der Waals surface area contributed by atoms with Gasteiger partial charge in [-0.05, 0) is 37.8 Å². The van der Waals surface area contributed by atoms with E-state index in [0.29, 0.717) is 24.1 Å². The first-order chi connectivity index (χ1) is 12.9. The fraction of sp³-hybridized carbons (Fsp3) is 0.304. The molecule has 0 spiro atoms. The molecule has 0 aliphatic heterocycles. The summed E-state index contributed by atoms with van der Waals surface area (Å²) >= 11 is 0. The van der Waals surface area contributed by atoms with Gasteiger partial charge in [0.1, 0.15) is 6.04 Å². The zero-order valence-corrected chi connectivity index (χ0v) is 16.5. The molecular formula is C23H30N2O2. The fourth-order valence-corrected chi connectivity index (χ4v) is 2.64. The zero-order chi connectivity index (χ0) is 20.2. The smallest absolute Gasteiger partial charge is 0.252 e. The minimum atomic E-state index is -0.597. The molecule has 0 saturated carbocycles. The van der Waals surface area contributed by atoms with Gasteiger partial charge in [0, 0.05) is 12.1 Å². The minimum Gasteiger partial charge on any atom is -0.354 e. The van der Waals surface area contributed by atoms with Crippen LogP contribution in [0.3, 0.4) is 0 Å². The van der Waals surface area contributed by atoms with E-state index in [1.807, 2.05) is 63.3 Å². The van der Waals surface area contributed by atoms with Crippen molar-refractivity contribution >= 4 is 11.8 Å². The molecule has 2 N–H and O–H groups in total. The monoisotopic (exact) mass is 366 g/mol. The molecule has 0 bridgehead atoms. The molecule has 0 heterocycles. The predicted octanol–water partition coefficient (Wildman–Crippen LogP) is 3.87. The molecule has 0 unspecified atom stereocenters. The average Bonchev–Trinajstić information content (AvgIpc) is 2.66. The molecular weight excluding hydrogens is 336 g/mol. The van der Waals surface area contributed by atoms with Crippen LogP contribution in [0.5, 0.6) is 0 Å². The van der Waals surface area contributed by atoms with Crippen molar-refractivity contribution in [2.75, 3.05) is 6.54 Å². The van der Waals surface area contributed by atoms with Gasteiger partial charge in [0.25, 0.3) is 5.91 Å². The van der Waals surface area contributed by atoms with Crippen LogP contribution < -0.4 is 10.6 Å². The quantitative estimate of drug-likeness (QED) is 0.488. The number of rotatable bonds is 10. The van der Waals surface area contributed by atoms with Crippen molar-refractivity contribution in [3.05, 3.63) is 84.0 Å². The van der Waals surface area contributed by atoms with Gasteiger partial charge in [-0.15, -0.1) is 0 Å². The van der Waals surface area contributed by atoms with Gasteiger partial charge in [-0.1, -0.05) is 74.2 Å². The number of benzene rings is 1. The molecule has 1 rings (SSSR count). The second-order valence-electron chi connectivity index (χ2n) is 6.27. The molecule has 0 fully saturated rings. The molecule has 0 saturated heterocycles. The molecule has 144 valence electrons. The van der Waals surface area contributed by atoms with E-state index in [-0.39, 0.29) is 11.8 Å². The number of carbonyl (C=O) groups excluding carboxylic acids is 2. The molecule has 1 atom stereocenters. The number of nitrogens with one attached hydrogen (secondary N) is 2. The Morgan fingerprint density at radius 3 is 2.37 bits per heavy atom. The van der Waals surface area contributed by atoms with Crippen molar-refractivity contribution in [3.63, 3.8) is 0 Å². The summed E-state index contributed by atoms with van der Waals surface area (Å²) < 4.78 is 0. The highest BCUT2D eigenvalue weighted by Gasteiger charge is 2.21. The van der Waals surface area contributed by atoms with Crippen LogP contribution in [0.15, 0.2) is 78.4 Å². The Labute approximate surface area is 162 Å². The first kappa shape index (κ1) is 22.2. The van der Waals surface area contributed by atoms with Crippen molar-refractivity contribution in [3.8, 4) is 0 Å². The second kappa shape index (κ2) is 11.7. The van der Waals surface area contributed by atoms with Crippen LogP contribution in [0, 0.1) is 0 Å². The third kappa shape index (κ3) is 7.10. The van der Waals surface area contributed by atoms with Gasteiger partial charge in [0.2, 0.25) is 5.91 Å². The Morgan fingerprint density at radius 2 is 1.85 bits per heavy atom. The molecule has 4 nitrogen and oxygen atoms in total. The summed E-state index contributed by atoms with van der Waals surface area (Å²) in [5.41, 5.74) is 3.04. The van der Waals surface area contributed by atoms with Crippen LogP contribution in [0.1, 0.15) is 32.8 Å². The Balaban J connectivity index is 2.75. The topological polar surface area (TPSA) is 58.2 Å². The molecule has 4 heteroatoms. The van der Waals surface area contributed by atoms with Crippen LogP contribution >= 0.6 is 0 Å². The van der Waals surface area contributed by atoms with Gasteiger partial charge >= 0.3 is 0 Å². The maximum atomic E-state index is 12.7. The van der Waals surface area contributed by atoms with Crippen LogP contribution in [0.2, 0.25) is 0 Å². The first-order valence-corrected chi connectivity index (χ1v) is 9.22. The van der Waals surface area contributed by atoms with E-state index >= 15 is 0 Å². The summed E-state index contributed by atoms with van der Waals surface area (Å²) in [5.74, 6) is -0.515. The highest BCUT2D eigenvalue weighted by atomic mass is 16.2. The molecule has 0 aromatic heterocycles. The lowest BCUT2D eigenvalue weighted by molar-refractivity contribution is -0.127. The van der Waals surface area contributed by atoms with E-state index in [2.05, 4.69) is 23.8 Å². The van der Waals surface area contributed by atoms with Gasteiger partial charge in [-0.25, -0.2) is 0 Å². The molecule has 0 aliphatic rings. The van der Waals surface area contributed by atoms with Gasteiger partial charge in [0.15, 0.2) is 0 Å². The predicted molar refractivity (Wildman–Crippen MR) is 112 cm³/mol. The molecule has 2 amide bonds. The van der Waals surface area contributed by atoms with Crippen molar-refractivity contribution in [1.82, 2.24) is 10.6 Å². The van der Waals surface area contributed by atoms with E-state index in [1.165, 1.54) is 6.08 Å². The van der Waals surface area contributed by atoms with Gasteiger partial charge < -0.3 is 10.6 Å². The van der Waals surface area contributed by atoms with Crippen LogP contribution in [0.4, 0.5) is 0 Å². The van der Waals surface area contributed by atoms with Gasteiger partial charge in [-0.2, -0.15) is 0 Å². The summed E-state index contributed by atoms with van der Waals surface area (Å²) in [4.78, 5) is 25.1. The number of hydrogen-bond acceptors (Lipinski definition) is 2. The SMILES string of the molecule is C=C/C(C(=O)N[C@@H](CC)C(=O)NCCc1ccccc1)=C(\C=C/C)C(=C)C. The lowest BCUT2D eigenvalue weighted by Gasteiger charge is -2.18. The Bertz CT molecular complexity index is 730. The van der Waals surface area contributed by atoms with E-state index in [4.69, 9.17) is 0 Å². The van der Waals surface area contributed by atoms with Crippen molar-refractivity contribution in [1.29, 1.82) is 0 Å². The highest BCUT2D eigenvalue weighted by molar-refractivity contribution is 6.00. The Hall–Kier alpha value is -2.88. The number of amides is 2. The normalized spacial score (nSPS) is 12.9. The van der Waals surface area contributed by atoms with Crippen molar-refractivity contribution in [2.24, 2.45) is 0 Å². The number of carbonyl (C=O) groups is 2. The summed E-state index contributed by atoms with van der Waals surface area (Å²) in [6, 6.07) is 9.35. The first-order valence-electron chi connectivity index (χ1n) is 9.22. The second-order valence-corrected chi connectivity index (χ2v) is 6.27. The lowest BCUT2D eigenvalue weighted by Crippen LogP contribution is -2.47. The third-order valence-corrected chi connectivity index (χ3v) is 4.12. The minimum absolute atomic E-state index is 0.187. The van der Waals surface area contributed by atoms with Crippen molar-refractivity contribution < 1.29 is 9.59 Å². The van der Waals surface area contributed by atoms with E-state index in [0.717, 1.165) is 17.6 Å². The number of allylic oxidation sites excluding steroid dienone is 4. The van der Waals surface area contributed by atoms with E-state index < -0.39 is 6.04 Å². The molecule has 1 aromatic carbocycles. The zero-order valence-electron chi connectivity index (χ0n) is 16.5. The molecule has 1 aromatic rings. The fourth-order valence-electron chi connectivity index (χ4n) is 2.64. The molecule has 0 radical (unpaired) electrons.